The molecule has 0 saturated heterocycles. The fourth-order valence-corrected chi connectivity index (χ4v) is 5.36. The number of aromatic carboxylic acids is 1. The highest BCUT2D eigenvalue weighted by Gasteiger charge is 2.43. The van der Waals surface area contributed by atoms with Crippen molar-refractivity contribution in [2.24, 2.45) is 5.92 Å². The van der Waals surface area contributed by atoms with E-state index < -0.39 is 5.97 Å². The Morgan fingerprint density at radius 1 is 1.03 bits per heavy atom. The van der Waals surface area contributed by atoms with Gasteiger partial charge < -0.3 is 20.1 Å². The summed E-state index contributed by atoms with van der Waals surface area (Å²) >= 11 is 0. The molecule has 1 heterocycles. The number of benzene rings is 3. The van der Waals surface area contributed by atoms with E-state index in [4.69, 9.17) is 4.74 Å². The largest absolute Gasteiger partial charge is 0.478 e. The monoisotopic (exact) mass is 512 g/mol. The second-order valence-corrected chi connectivity index (χ2v) is 9.89. The maximum atomic E-state index is 13.0. The number of carbonyl (C=O) groups is 3. The molecule has 38 heavy (non-hydrogen) atoms. The minimum Gasteiger partial charge on any atom is -0.478 e. The second-order valence-electron chi connectivity index (χ2n) is 9.89. The van der Waals surface area contributed by atoms with Crippen LogP contribution in [0.5, 0.6) is 0 Å². The average molecular weight is 513 g/mol. The Labute approximate surface area is 222 Å². The summed E-state index contributed by atoms with van der Waals surface area (Å²) in [5.74, 6) is -0.738. The highest BCUT2D eigenvalue weighted by atomic mass is 16.5. The van der Waals surface area contributed by atoms with Gasteiger partial charge in [-0.15, -0.1) is 0 Å². The molecule has 1 aliphatic heterocycles. The summed E-state index contributed by atoms with van der Waals surface area (Å²) < 4.78 is 5.35. The van der Waals surface area contributed by atoms with Crippen molar-refractivity contribution in [3.63, 3.8) is 0 Å². The summed E-state index contributed by atoms with van der Waals surface area (Å²) in [7, 11) is 0. The number of ether oxygens (including phenoxy) is 1. The van der Waals surface area contributed by atoms with E-state index in [0.29, 0.717) is 32.7 Å². The first kappa shape index (κ1) is 25.7. The van der Waals surface area contributed by atoms with Gasteiger partial charge in [0.05, 0.1) is 5.56 Å². The minimum absolute atomic E-state index is 0.0180. The Bertz CT molecular complexity index is 1350. The Morgan fingerprint density at radius 2 is 1.84 bits per heavy atom. The van der Waals surface area contributed by atoms with Gasteiger partial charge in [0.25, 0.3) is 0 Å². The van der Waals surface area contributed by atoms with Gasteiger partial charge in [-0.2, -0.15) is 0 Å². The molecule has 2 aliphatic rings. The molecule has 2 unspecified atom stereocenters. The van der Waals surface area contributed by atoms with E-state index in [1.165, 1.54) is 5.56 Å². The Morgan fingerprint density at radius 3 is 2.61 bits per heavy atom. The van der Waals surface area contributed by atoms with E-state index in [2.05, 4.69) is 17.4 Å². The summed E-state index contributed by atoms with van der Waals surface area (Å²) in [5.41, 5.74) is 6.28. The second kappa shape index (κ2) is 11.2. The standard InChI is InChI=1S/C31H32N2O5/c1-2-38-19-29(34)33-14-13-25-24(21-9-6-10-22(15-21)31(36)37)12-11-23(28(25)18-33)17-32-30(35)27-16-26(27)20-7-4-3-5-8-20/h3-12,15,26-27H,2,13-14,16-19H2,1H3,(H,32,35)(H,36,37). The molecule has 3 aromatic carbocycles. The number of carboxylic acid groups (broad SMARTS) is 1. The lowest BCUT2D eigenvalue weighted by molar-refractivity contribution is -0.137. The third-order valence-electron chi connectivity index (χ3n) is 7.52. The zero-order chi connectivity index (χ0) is 26.6. The molecule has 0 spiro atoms. The average Bonchev–Trinajstić information content (AvgIpc) is 3.76. The van der Waals surface area contributed by atoms with Gasteiger partial charge in [0, 0.05) is 32.2 Å². The van der Waals surface area contributed by atoms with Crippen molar-refractivity contribution in [1.29, 1.82) is 0 Å². The van der Waals surface area contributed by atoms with Crippen LogP contribution in [0.2, 0.25) is 0 Å². The zero-order valence-corrected chi connectivity index (χ0v) is 21.5. The van der Waals surface area contributed by atoms with Gasteiger partial charge >= 0.3 is 5.97 Å². The van der Waals surface area contributed by atoms with Crippen LogP contribution in [0.15, 0.2) is 66.7 Å². The number of rotatable bonds is 9. The summed E-state index contributed by atoms with van der Waals surface area (Å²) in [6, 6.07) is 21.0. The normalized spacial score (nSPS) is 18.0. The van der Waals surface area contributed by atoms with Gasteiger partial charge in [-0.1, -0.05) is 54.6 Å². The molecule has 3 aromatic rings. The van der Waals surface area contributed by atoms with Crippen molar-refractivity contribution < 1.29 is 24.2 Å². The molecule has 7 nitrogen and oxygen atoms in total. The number of carboxylic acids is 1. The van der Waals surface area contributed by atoms with Crippen LogP contribution in [0, 0.1) is 5.92 Å². The van der Waals surface area contributed by atoms with Crippen LogP contribution >= 0.6 is 0 Å². The van der Waals surface area contributed by atoms with Crippen LogP contribution in [0.25, 0.3) is 11.1 Å². The number of nitrogens with one attached hydrogen (secondary N) is 1. The minimum atomic E-state index is -0.971. The van der Waals surface area contributed by atoms with Crippen LogP contribution in [0.3, 0.4) is 0 Å². The number of fused-ring (bicyclic) bond motifs is 1. The predicted octanol–water partition coefficient (Wildman–Crippen LogP) is 4.39. The highest BCUT2D eigenvalue weighted by Crippen LogP contribution is 2.47. The van der Waals surface area contributed by atoms with E-state index in [0.717, 1.165) is 34.2 Å². The number of amides is 2. The lowest BCUT2D eigenvalue weighted by Gasteiger charge is -2.32. The number of carbonyl (C=O) groups excluding carboxylic acids is 2. The Kier molecular flexibility index (Phi) is 7.56. The maximum Gasteiger partial charge on any atom is 0.335 e. The number of nitrogens with zero attached hydrogens (tertiary/aromatic N) is 1. The van der Waals surface area contributed by atoms with Crippen molar-refractivity contribution in [1.82, 2.24) is 10.2 Å². The summed E-state index contributed by atoms with van der Waals surface area (Å²) in [5, 5.41) is 12.6. The molecular formula is C31H32N2O5. The van der Waals surface area contributed by atoms with Crippen molar-refractivity contribution in [2.75, 3.05) is 19.8 Å². The van der Waals surface area contributed by atoms with Crippen LogP contribution in [0.1, 0.15) is 51.9 Å². The smallest absolute Gasteiger partial charge is 0.335 e. The van der Waals surface area contributed by atoms with Gasteiger partial charge in [-0.3, -0.25) is 9.59 Å². The van der Waals surface area contributed by atoms with Crippen LogP contribution in [-0.4, -0.2) is 47.5 Å². The first-order valence-electron chi connectivity index (χ1n) is 13.1. The quantitative estimate of drug-likeness (QED) is 0.443. The lowest BCUT2D eigenvalue weighted by atomic mass is 9.87. The maximum absolute atomic E-state index is 13.0. The third kappa shape index (κ3) is 5.48. The third-order valence-corrected chi connectivity index (χ3v) is 7.52. The lowest BCUT2D eigenvalue weighted by Crippen LogP contribution is -2.39. The SMILES string of the molecule is CCOCC(=O)N1CCc2c(-c3cccc(C(=O)O)c3)ccc(CNC(=O)C3CC3c3ccccc3)c2C1. The first-order valence-corrected chi connectivity index (χ1v) is 13.1. The molecule has 0 aromatic heterocycles. The molecule has 2 N–H and O–H groups in total. The molecule has 196 valence electrons. The van der Waals surface area contributed by atoms with Crippen LogP contribution in [0.4, 0.5) is 0 Å². The van der Waals surface area contributed by atoms with Gasteiger partial charge in [0.2, 0.25) is 11.8 Å². The molecule has 7 heteroatoms. The van der Waals surface area contributed by atoms with Gasteiger partial charge in [0.1, 0.15) is 6.61 Å². The molecule has 1 aliphatic carbocycles. The topological polar surface area (TPSA) is 95.9 Å². The van der Waals surface area contributed by atoms with E-state index in [-0.39, 0.29) is 35.8 Å². The predicted molar refractivity (Wildman–Crippen MR) is 144 cm³/mol. The number of hydrogen-bond donors (Lipinski definition) is 2. The van der Waals surface area contributed by atoms with Gasteiger partial charge in [0.15, 0.2) is 0 Å². The molecule has 1 saturated carbocycles. The van der Waals surface area contributed by atoms with Gasteiger partial charge in [-0.05, 0) is 71.2 Å². The Hall–Kier alpha value is -3.97. The highest BCUT2D eigenvalue weighted by molar-refractivity contribution is 5.90. The number of hydrogen-bond acceptors (Lipinski definition) is 4. The molecule has 1 fully saturated rings. The van der Waals surface area contributed by atoms with E-state index in [9.17, 15) is 19.5 Å². The fraction of sp³-hybridized carbons (Fsp3) is 0.323. The van der Waals surface area contributed by atoms with Crippen molar-refractivity contribution in [3.8, 4) is 11.1 Å². The van der Waals surface area contributed by atoms with Crippen molar-refractivity contribution in [3.05, 3.63) is 94.5 Å². The first-order chi connectivity index (χ1) is 18.5. The van der Waals surface area contributed by atoms with Gasteiger partial charge in [-0.25, -0.2) is 4.79 Å². The summed E-state index contributed by atoms with van der Waals surface area (Å²) in [6.45, 7) is 3.74. The van der Waals surface area contributed by atoms with E-state index >= 15 is 0 Å². The van der Waals surface area contributed by atoms with Crippen LogP contribution in [-0.2, 0) is 33.8 Å². The summed E-state index contributed by atoms with van der Waals surface area (Å²) in [4.78, 5) is 39.1. The van der Waals surface area contributed by atoms with Crippen molar-refractivity contribution >= 4 is 17.8 Å². The fourth-order valence-electron chi connectivity index (χ4n) is 5.36. The molecule has 0 bridgehead atoms. The zero-order valence-electron chi connectivity index (χ0n) is 21.5. The van der Waals surface area contributed by atoms with E-state index in [1.807, 2.05) is 43.3 Å². The molecular weight excluding hydrogens is 480 g/mol. The van der Waals surface area contributed by atoms with Crippen molar-refractivity contribution in [2.45, 2.75) is 38.8 Å². The van der Waals surface area contributed by atoms with E-state index in [1.54, 1.807) is 23.1 Å². The molecule has 5 rings (SSSR count). The molecule has 0 radical (unpaired) electrons. The van der Waals surface area contributed by atoms with Crippen LogP contribution < -0.4 is 5.32 Å². The summed E-state index contributed by atoms with van der Waals surface area (Å²) in [6.07, 6.45) is 1.49. The Balaban J connectivity index is 1.39. The molecule has 2 amide bonds. The molecule has 2 atom stereocenters.